The molecule has 1 fully saturated rings. The van der Waals surface area contributed by atoms with Gasteiger partial charge in [0, 0.05) is 6.04 Å². The van der Waals surface area contributed by atoms with Crippen LogP contribution in [0.25, 0.3) is 0 Å². The van der Waals surface area contributed by atoms with Gasteiger partial charge in [-0.25, -0.2) is 0 Å². The number of nitrogens with two attached hydrogens (primary N) is 1. The van der Waals surface area contributed by atoms with Gasteiger partial charge in [0.2, 0.25) is 5.91 Å². The number of hydrogen-bond donors (Lipinski definition) is 2. The number of amides is 1. The van der Waals surface area contributed by atoms with Crippen molar-refractivity contribution in [3.63, 3.8) is 0 Å². The molecule has 1 heterocycles. The molecule has 1 aliphatic rings. The third kappa shape index (κ3) is 3.11. The van der Waals surface area contributed by atoms with Crippen LogP contribution in [0.5, 0.6) is 5.75 Å². The number of carbonyl (C=O) groups is 1. The Morgan fingerprint density at radius 1 is 1.59 bits per heavy atom. The van der Waals surface area contributed by atoms with Crippen molar-refractivity contribution < 1.29 is 9.53 Å². The van der Waals surface area contributed by atoms with E-state index >= 15 is 0 Å². The van der Waals surface area contributed by atoms with Crippen molar-refractivity contribution in [1.29, 1.82) is 0 Å². The molecular formula is C12H15ClN2O2. The highest BCUT2D eigenvalue weighted by atomic mass is 35.5. The summed E-state index contributed by atoms with van der Waals surface area (Å²) >= 11 is 5.92. The number of carbonyl (C=O) groups excluding carboxylic acids is 1. The average Bonchev–Trinajstić information content (AvgIpc) is 2.78. The van der Waals surface area contributed by atoms with Crippen molar-refractivity contribution >= 4 is 17.5 Å². The van der Waals surface area contributed by atoms with Gasteiger partial charge in [-0.05, 0) is 37.6 Å². The average molecular weight is 255 g/mol. The van der Waals surface area contributed by atoms with Gasteiger partial charge in [-0.3, -0.25) is 4.79 Å². The highest BCUT2D eigenvalue weighted by Crippen LogP contribution is 2.22. The van der Waals surface area contributed by atoms with Gasteiger partial charge in [-0.2, -0.15) is 0 Å². The predicted octanol–water partition coefficient (Wildman–Crippen LogP) is 1.57. The van der Waals surface area contributed by atoms with Crippen LogP contribution in [0.1, 0.15) is 23.2 Å². The van der Waals surface area contributed by atoms with E-state index in [1.807, 2.05) is 0 Å². The third-order valence-corrected chi connectivity index (χ3v) is 3.13. The van der Waals surface area contributed by atoms with Crippen LogP contribution >= 0.6 is 11.6 Å². The topological polar surface area (TPSA) is 64.4 Å². The summed E-state index contributed by atoms with van der Waals surface area (Å²) in [5.74, 6) is 0.132. The van der Waals surface area contributed by atoms with E-state index in [1.165, 1.54) is 6.42 Å². The first-order valence-corrected chi connectivity index (χ1v) is 6.00. The van der Waals surface area contributed by atoms with Gasteiger partial charge in [-0.15, -0.1) is 0 Å². The molecule has 1 unspecified atom stereocenters. The lowest BCUT2D eigenvalue weighted by Gasteiger charge is -2.12. The molecule has 0 aromatic heterocycles. The zero-order valence-corrected chi connectivity index (χ0v) is 10.2. The van der Waals surface area contributed by atoms with Crippen LogP contribution in [0.2, 0.25) is 5.02 Å². The summed E-state index contributed by atoms with van der Waals surface area (Å²) in [4.78, 5) is 11.0. The molecule has 1 aliphatic heterocycles. The number of nitrogens with one attached hydrogen (secondary N) is 1. The number of benzene rings is 1. The Labute approximate surface area is 105 Å². The van der Waals surface area contributed by atoms with E-state index in [4.69, 9.17) is 22.1 Å². The summed E-state index contributed by atoms with van der Waals surface area (Å²) in [6.45, 7) is 1.67. The van der Waals surface area contributed by atoms with Gasteiger partial charge in [-0.1, -0.05) is 11.6 Å². The van der Waals surface area contributed by atoms with Gasteiger partial charge in [0.15, 0.2) is 0 Å². The molecular weight excluding hydrogens is 240 g/mol. The second-order valence-corrected chi connectivity index (χ2v) is 4.52. The van der Waals surface area contributed by atoms with E-state index in [9.17, 15) is 4.79 Å². The monoisotopic (exact) mass is 254 g/mol. The van der Waals surface area contributed by atoms with Crippen LogP contribution in [0.4, 0.5) is 0 Å². The third-order valence-electron chi connectivity index (χ3n) is 2.82. The van der Waals surface area contributed by atoms with Crippen molar-refractivity contribution in [2.24, 2.45) is 5.73 Å². The zero-order valence-electron chi connectivity index (χ0n) is 9.41. The van der Waals surface area contributed by atoms with Crippen molar-refractivity contribution in [2.45, 2.75) is 18.9 Å². The molecule has 1 amide bonds. The molecule has 1 atom stereocenters. The molecule has 1 aromatic rings. The predicted molar refractivity (Wildman–Crippen MR) is 66.5 cm³/mol. The Morgan fingerprint density at radius 3 is 3.00 bits per heavy atom. The molecule has 17 heavy (non-hydrogen) atoms. The summed E-state index contributed by atoms with van der Waals surface area (Å²) < 4.78 is 5.61. The molecule has 1 saturated heterocycles. The van der Waals surface area contributed by atoms with Crippen LogP contribution in [-0.2, 0) is 0 Å². The van der Waals surface area contributed by atoms with Gasteiger partial charge in [0.1, 0.15) is 12.4 Å². The fourth-order valence-corrected chi connectivity index (χ4v) is 2.14. The van der Waals surface area contributed by atoms with Crippen molar-refractivity contribution in [3.05, 3.63) is 28.8 Å². The van der Waals surface area contributed by atoms with E-state index < -0.39 is 5.91 Å². The lowest BCUT2D eigenvalue weighted by molar-refractivity contribution is 0.100. The first kappa shape index (κ1) is 12.2. The van der Waals surface area contributed by atoms with Gasteiger partial charge in [0.05, 0.1) is 10.6 Å². The minimum atomic E-state index is -0.529. The molecule has 0 bridgehead atoms. The molecule has 2 rings (SSSR count). The van der Waals surface area contributed by atoms with Crippen LogP contribution in [0.3, 0.4) is 0 Å². The van der Waals surface area contributed by atoms with Crippen LogP contribution in [0.15, 0.2) is 18.2 Å². The number of primary amides is 1. The molecule has 92 valence electrons. The standard InChI is InChI=1S/C12H15ClN2O2/c13-11-6-9(3-4-10(11)12(14)16)17-7-8-2-1-5-15-8/h3-4,6,8,15H,1-2,5,7H2,(H2,14,16). The number of halogens is 1. The van der Waals surface area contributed by atoms with E-state index in [0.717, 1.165) is 13.0 Å². The van der Waals surface area contributed by atoms with E-state index in [2.05, 4.69) is 5.32 Å². The van der Waals surface area contributed by atoms with Crippen molar-refractivity contribution in [1.82, 2.24) is 5.32 Å². The Bertz CT molecular complexity index is 417. The smallest absolute Gasteiger partial charge is 0.250 e. The Balaban J connectivity index is 1.97. The summed E-state index contributed by atoms with van der Waals surface area (Å²) in [7, 11) is 0. The minimum absolute atomic E-state index is 0.318. The summed E-state index contributed by atoms with van der Waals surface area (Å²) in [6, 6.07) is 5.32. The Morgan fingerprint density at radius 2 is 2.41 bits per heavy atom. The number of rotatable bonds is 4. The lowest BCUT2D eigenvalue weighted by Crippen LogP contribution is -2.28. The largest absolute Gasteiger partial charge is 0.492 e. The second kappa shape index (κ2) is 5.38. The molecule has 4 nitrogen and oxygen atoms in total. The normalized spacial score (nSPS) is 19.2. The maximum Gasteiger partial charge on any atom is 0.250 e. The zero-order chi connectivity index (χ0) is 12.3. The van der Waals surface area contributed by atoms with E-state index in [0.29, 0.717) is 29.0 Å². The summed E-state index contributed by atoms with van der Waals surface area (Å²) in [6.07, 6.45) is 2.32. The second-order valence-electron chi connectivity index (χ2n) is 4.11. The van der Waals surface area contributed by atoms with E-state index in [-0.39, 0.29) is 0 Å². The fraction of sp³-hybridized carbons (Fsp3) is 0.417. The number of ether oxygens (including phenoxy) is 1. The van der Waals surface area contributed by atoms with Gasteiger partial charge >= 0.3 is 0 Å². The molecule has 0 saturated carbocycles. The van der Waals surface area contributed by atoms with Crippen LogP contribution in [-0.4, -0.2) is 25.1 Å². The Kier molecular flexibility index (Phi) is 3.86. The maximum atomic E-state index is 11.0. The molecule has 5 heteroatoms. The van der Waals surface area contributed by atoms with Crippen molar-refractivity contribution in [2.75, 3.05) is 13.2 Å². The molecule has 3 N–H and O–H groups in total. The summed E-state index contributed by atoms with van der Waals surface area (Å²) in [5, 5.41) is 3.67. The highest BCUT2D eigenvalue weighted by molar-refractivity contribution is 6.33. The maximum absolute atomic E-state index is 11.0. The first-order chi connectivity index (χ1) is 8.16. The fourth-order valence-electron chi connectivity index (χ4n) is 1.88. The molecule has 0 radical (unpaired) electrons. The minimum Gasteiger partial charge on any atom is -0.492 e. The van der Waals surface area contributed by atoms with Crippen LogP contribution in [0, 0.1) is 0 Å². The number of hydrogen-bond acceptors (Lipinski definition) is 3. The molecule has 0 aliphatic carbocycles. The SMILES string of the molecule is NC(=O)c1ccc(OCC2CCCN2)cc1Cl. The first-order valence-electron chi connectivity index (χ1n) is 5.62. The van der Waals surface area contributed by atoms with Gasteiger partial charge in [0.25, 0.3) is 0 Å². The van der Waals surface area contributed by atoms with E-state index in [1.54, 1.807) is 18.2 Å². The molecule has 1 aromatic carbocycles. The van der Waals surface area contributed by atoms with Crippen molar-refractivity contribution in [3.8, 4) is 5.75 Å². The Hall–Kier alpha value is -1.26. The molecule has 0 spiro atoms. The summed E-state index contributed by atoms with van der Waals surface area (Å²) in [5.41, 5.74) is 5.48. The highest BCUT2D eigenvalue weighted by Gasteiger charge is 2.15. The van der Waals surface area contributed by atoms with Crippen LogP contribution < -0.4 is 15.8 Å². The quantitative estimate of drug-likeness (QED) is 0.857. The van der Waals surface area contributed by atoms with Gasteiger partial charge < -0.3 is 15.8 Å². The lowest BCUT2D eigenvalue weighted by atomic mass is 10.2.